The summed E-state index contributed by atoms with van der Waals surface area (Å²) >= 11 is 0. The SMILES string of the molecule is Cc1cc(C)c(-c2cc(F)ccc2C)cc1C(=O)O. The van der Waals surface area contributed by atoms with Gasteiger partial charge in [-0.3, -0.25) is 0 Å². The van der Waals surface area contributed by atoms with Crippen LogP contribution in [0.1, 0.15) is 27.0 Å². The van der Waals surface area contributed by atoms with Gasteiger partial charge in [0.2, 0.25) is 0 Å². The molecule has 0 saturated carbocycles. The third-order valence-electron chi connectivity index (χ3n) is 3.29. The van der Waals surface area contributed by atoms with Crippen LogP contribution in [0.25, 0.3) is 11.1 Å². The van der Waals surface area contributed by atoms with Gasteiger partial charge < -0.3 is 5.11 Å². The van der Waals surface area contributed by atoms with E-state index in [2.05, 4.69) is 0 Å². The Balaban J connectivity index is 2.71. The fourth-order valence-corrected chi connectivity index (χ4v) is 2.26. The van der Waals surface area contributed by atoms with E-state index < -0.39 is 5.97 Å². The summed E-state index contributed by atoms with van der Waals surface area (Å²) in [7, 11) is 0. The van der Waals surface area contributed by atoms with E-state index >= 15 is 0 Å². The highest BCUT2D eigenvalue weighted by molar-refractivity contribution is 5.92. The summed E-state index contributed by atoms with van der Waals surface area (Å²) in [6, 6.07) is 7.99. The molecule has 3 heteroatoms. The highest BCUT2D eigenvalue weighted by Gasteiger charge is 2.13. The van der Waals surface area contributed by atoms with Crippen molar-refractivity contribution < 1.29 is 14.3 Å². The predicted octanol–water partition coefficient (Wildman–Crippen LogP) is 4.12. The average molecular weight is 258 g/mol. The Kier molecular flexibility index (Phi) is 3.38. The maximum atomic E-state index is 13.4. The molecule has 0 aliphatic rings. The zero-order chi connectivity index (χ0) is 14.2. The third-order valence-corrected chi connectivity index (χ3v) is 3.29. The summed E-state index contributed by atoms with van der Waals surface area (Å²) in [5.74, 6) is -1.29. The first-order valence-electron chi connectivity index (χ1n) is 6.01. The zero-order valence-corrected chi connectivity index (χ0v) is 11.1. The van der Waals surface area contributed by atoms with Crippen LogP contribution >= 0.6 is 0 Å². The Morgan fingerprint density at radius 2 is 1.58 bits per heavy atom. The van der Waals surface area contributed by atoms with Gasteiger partial charge in [0, 0.05) is 0 Å². The molecule has 0 aromatic heterocycles. The fraction of sp³-hybridized carbons (Fsp3) is 0.188. The van der Waals surface area contributed by atoms with Crippen LogP contribution in [0.5, 0.6) is 0 Å². The minimum atomic E-state index is -0.965. The maximum Gasteiger partial charge on any atom is 0.335 e. The van der Waals surface area contributed by atoms with Crippen molar-refractivity contribution in [1.82, 2.24) is 0 Å². The molecular formula is C16H15FO2. The molecule has 0 fully saturated rings. The number of carboxylic acid groups (broad SMARTS) is 1. The lowest BCUT2D eigenvalue weighted by Gasteiger charge is -2.12. The maximum absolute atomic E-state index is 13.4. The van der Waals surface area contributed by atoms with Gasteiger partial charge in [-0.15, -0.1) is 0 Å². The van der Waals surface area contributed by atoms with E-state index in [4.69, 9.17) is 0 Å². The van der Waals surface area contributed by atoms with Crippen LogP contribution in [0.4, 0.5) is 4.39 Å². The molecule has 0 saturated heterocycles. The molecule has 2 rings (SSSR count). The smallest absolute Gasteiger partial charge is 0.335 e. The molecular weight excluding hydrogens is 243 g/mol. The van der Waals surface area contributed by atoms with E-state index in [1.807, 2.05) is 19.9 Å². The van der Waals surface area contributed by atoms with E-state index in [1.54, 1.807) is 19.1 Å². The van der Waals surface area contributed by atoms with Crippen LogP contribution in [0, 0.1) is 26.6 Å². The highest BCUT2D eigenvalue weighted by Crippen LogP contribution is 2.29. The first kappa shape index (κ1) is 13.3. The molecule has 0 heterocycles. The zero-order valence-electron chi connectivity index (χ0n) is 11.1. The van der Waals surface area contributed by atoms with Crippen molar-refractivity contribution in [3.63, 3.8) is 0 Å². The predicted molar refractivity (Wildman–Crippen MR) is 73.0 cm³/mol. The number of carboxylic acids is 1. The Morgan fingerprint density at radius 3 is 2.21 bits per heavy atom. The van der Waals surface area contributed by atoms with Gasteiger partial charge in [-0.2, -0.15) is 0 Å². The van der Waals surface area contributed by atoms with Crippen molar-refractivity contribution in [1.29, 1.82) is 0 Å². The number of aryl methyl sites for hydroxylation is 3. The third kappa shape index (κ3) is 2.50. The molecule has 0 aliphatic carbocycles. The second-order valence-electron chi connectivity index (χ2n) is 4.75. The Morgan fingerprint density at radius 1 is 0.947 bits per heavy atom. The minimum absolute atomic E-state index is 0.254. The summed E-state index contributed by atoms with van der Waals surface area (Å²) in [6.45, 7) is 5.55. The molecule has 1 N–H and O–H groups in total. The molecule has 98 valence electrons. The van der Waals surface area contributed by atoms with Crippen LogP contribution in [0.15, 0.2) is 30.3 Å². The van der Waals surface area contributed by atoms with E-state index in [0.29, 0.717) is 5.56 Å². The number of rotatable bonds is 2. The van der Waals surface area contributed by atoms with Gasteiger partial charge >= 0.3 is 5.97 Å². The normalized spacial score (nSPS) is 10.5. The molecule has 2 nitrogen and oxygen atoms in total. The van der Waals surface area contributed by atoms with Gasteiger partial charge in [0.05, 0.1) is 5.56 Å². The summed E-state index contributed by atoms with van der Waals surface area (Å²) in [5.41, 5.74) is 4.33. The first-order valence-corrected chi connectivity index (χ1v) is 6.01. The van der Waals surface area contributed by atoms with Crippen molar-refractivity contribution in [3.8, 4) is 11.1 Å². The van der Waals surface area contributed by atoms with Gasteiger partial charge in [0.1, 0.15) is 5.82 Å². The van der Waals surface area contributed by atoms with Crippen molar-refractivity contribution in [3.05, 3.63) is 58.4 Å². The molecule has 2 aromatic rings. The molecule has 0 atom stereocenters. The van der Waals surface area contributed by atoms with Gasteiger partial charge in [-0.05, 0) is 66.8 Å². The van der Waals surface area contributed by atoms with Crippen LogP contribution in [0.3, 0.4) is 0 Å². The molecule has 0 spiro atoms. The van der Waals surface area contributed by atoms with E-state index in [1.165, 1.54) is 12.1 Å². The van der Waals surface area contributed by atoms with E-state index in [9.17, 15) is 14.3 Å². The number of aromatic carboxylic acids is 1. The fourth-order valence-electron chi connectivity index (χ4n) is 2.26. The summed E-state index contributed by atoms with van der Waals surface area (Å²) in [5, 5.41) is 9.18. The molecule has 0 unspecified atom stereocenters. The van der Waals surface area contributed by atoms with Crippen LogP contribution < -0.4 is 0 Å². The summed E-state index contributed by atoms with van der Waals surface area (Å²) in [4.78, 5) is 11.2. The van der Waals surface area contributed by atoms with Crippen molar-refractivity contribution in [2.45, 2.75) is 20.8 Å². The monoisotopic (exact) mass is 258 g/mol. The molecule has 0 aliphatic heterocycles. The Labute approximate surface area is 111 Å². The first-order chi connectivity index (χ1) is 8.90. The molecule has 0 amide bonds. The van der Waals surface area contributed by atoms with E-state index in [0.717, 1.165) is 22.3 Å². The topological polar surface area (TPSA) is 37.3 Å². The average Bonchev–Trinajstić information content (AvgIpc) is 2.32. The molecule has 0 bridgehead atoms. The lowest BCUT2D eigenvalue weighted by atomic mass is 9.92. The number of halogens is 1. The number of benzene rings is 2. The van der Waals surface area contributed by atoms with Crippen molar-refractivity contribution >= 4 is 5.97 Å². The van der Waals surface area contributed by atoms with Gasteiger partial charge in [0.25, 0.3) is 0 Å². The Hall–Kier alpha value is -2.16. The largest absolute Gasteiger partial charge is 0.478 e. The molecule has 0 radical (unpaired) electrons. The minimum Gasteiger partial charge on any atom is -0.478 e. The van der Waals surface area contributed by atoms with Crippen LogP contribution in [-0.4, -0.2) is 11.1 Å². The summed E-state index contributed by atoms with van der Waals surface area (Å²) < 4.78 is 13.4. The highest BCUT2D eigenvalue weighted by atomic mass is 19.1. The molecule has 19 heavy (non-hydrogen) atoms. The number of hydrogen-bond donors (Lipinski definition) is 1. The van der Waals surface area contributed by atoms with Crippen LogP contribution in [0.2, 0.25) is 0 Å². The lowest BCUT2D eigenvalue weighted by Crippen LogP contribution is -2.01. The van der Waals surface area contributed by atoms with Crippen molar-refractivity contribution in [2.75, 3.05) is 0 Å². The number of carbonyl (C=O) groups is 1. The quantitative estimate of drug-likeness (QED) is 0.879. The van der Waals surface area contributed by atoms with E-state index in [-0.39, 0.29) is 11.4 Å². The van der Waals surface area contributed by atoms with Crippen molar-refractivity contribution in [2.24, 2.45) is 0 Å². The van der Waals surface area contributed by atoms with Crippen LogP contribution in [-0.2, 0) is 0 Å². The van der Waals surface area contributed by atoms with Gasteiger partial charge in [0.15, 0.2) is 0 Å². The second kappa shape index (κ2) is 4.84. The van der Waals surface area contributed by atoms with Gasteiger partial charge in [-0.1, -0.05) is 12.1 Å². The summed E-state index contributed by atoms with van der Waals surface area (Å²) in [6.07, 6.45) is 0. The number of hydrogen-bond acceptors (Lipinski definition) is 1. The standard InChI is InChI=1S/C16H15FO2/c1-9-4-5-12(17)7-13(9)14-8-15(16(18)19)11(3)6-10(14)2/h4-8H,1-3H3,(H,18,19). The second-order valence-corrected chi connectivity index (χ2v) is 4.75. The molecule has 2 aromatic carbocycles. The van der Waals surface area contributed by atoms with Gasteiger partial charge in [-0.25, -0.2) is 9.18 Å². The Bertz CT molecular complexity index is 660. The lowest BCUT2D eigenvalue weighted by molar-refractivity contribution is 0.0696.